The quantitative estimate of drug-likeness (QED) is 0.178. The fourth-order valence-corrected chi connectivity index (χ4v) is 10.1. The van der Waals surface area contributed by atoms with E-state index in [-0.39, 0.29) is 0 Å². The van der Waals surface area contributed by atoms with Gasteiger partial charge in [0.05, 0.1) is 33.1 Å². The molecule has 0 fully saturated rings. The molecule has 0 bridgehead atoms. The summed E-state index contributed by atoms with van der Waals surface area (Å²) in [5.41, 5.74) is 13.1. The molecular weight excluding hydrogens is 769 g/mol. The second kappa shape index (κ2) is 13.0. The molecular formula is C58H34N4O. The van der Waals surface area contributed by atoms with Crippen molar-refractivity contribution in [2.75, 3.05) is 0 Å². The Balaban J connectivity index is 1.03. The van der Waals surface area contributed by atoms with Crippen molar-refractivity contribution in [3.63, 3.8) is 0 Å². The van der Waals surface area contributed by atoms with Crippen molar-refractivity contribution < 1.29 is 4.42 Å². The Morgan fingerprint density at radius 1 is 0.349 bits per heavy atom. The van der Waals surface area contributed by atoms with Gasteiger partial charge in [-0.05, 0) is 106 Å². The first-order valence-corrected chi connectivity index (χ1v) is 21.4. The van der Waals surface area contributed by atoms with Crippen molar-refractivity contribution in [2.45, 2.75) is 0 Å². The van der Waals surface area contributed by atoms with Gasteiger partial charge in [0.25, 0.3) is 0 Å². The van der Waals surface area contributed by atoms with Crippen LogP contribution in [0.1, 0.15) is 0 Å². The Labute approximate surface area is 360 Å². The van der Waals surface area contributed by atoms with Crippen LogP contribution in [0.4, 0.5) is 0 Å². The SMILES string of the molecule is c1ccc(-n2c3ccccc3c3cc4ccc(-c5nc6ccccc6nc5-n5c6ccc(-c7cccc8c7oc7ccccc78)cc6c6cc7ccccc7cc65)cc4cc32)cc1. The third-order valence-corrected chi connectivity index (χ3v) is 13.0. The first kappa shape index (κ1) is 34.2. The minimum Gasteiger partial charge on any atom is -0.455 e. The van der Waals surface area contributed by atoms with Crippen LogP contribution in [0.5, 0.6) is 0 Å². The van der Waals surface area contributed by atoms with Crippen LogP contribution in [0.2, 0.25) is 0 Å². The van der Waals surface area contributed by atoms with Crippen molar-refractivity contribution in [2.24, 2.45) is 0 Å². The number of aromatic nitrogens is 4. The highest BCUT2D eigenvalue weighted by Gasteiger charge is 2.22. The molecule has 292 valence electrons. The lowest BCUT2D eigenvalue weighted by Gasteiger charge is -2.15. The van der Waals surface area contributed by atoms with Gasteiger partial charge in [0.1, 0.15) is 16.9 Å². The number of benzene rings is 10. The molecule has 0 atom stereocenters. The first-order chi connectivity index (χ1) is 31.2. The monoisotopic (exact) mass is 802 g/mol. The van der Waals surface area contributed by atoms with Gasteiger partial charge < -0.3 is 8.98 Å². The zero-order valence-corrected chi connectivity index (χ0v) is 33.8. The minimum atomic E-state index is 0.787. The largest absolute Gasteiger partial charge is 0.455 e. The summed E-state index contributed by atoms with van der Waals surface area (Å²) >= 11 is 0. The van der Waals surface area contributed by atoms with E-state index in [0.29, 0.717) is 0 Å². The van der Waals surface area contributed by atoms with Crippen LogP contribution in [0.3, 0.4) is 0 Å². The second-order valence-electron chi connectivity index (χ2n) is 16.6. The summed E-state index contributed by atoms with van der Waals surface area (Å²) in [5.74, 6) is 0.787. The van der Waals surface area contributed by atoms with Crippen LogP contribution >= 0.6 is 0 Å². The Morgan fingerprint density at radius 2 is 0.968 bits per heavy atom. The number of para-hydroxylation sites is 6. The van der Waals surface area contributed by atoms with E-state index in [1.54, 1.807) is 0 Å². The van der Waals surface area contributed by atoms with E-state index in [1.807, 2.05) is 24.3 Å². The second-order valence-corrected chi connectivity index (χ2v) is 16.6. The molecule has 14 rings (SSSR count). The Hall–Kier alpha value is -8.54. The third kappa shape index (κ3) is 5.05. The predicted octanol–water partition coefficient (Wildman–Crippen LogP) is 15.4. The molecule has 0 amide bonds. The van der Waals surface area contributed by atoms with Gasteiger partial charge in [-0.2, -0.15) is 0 Å². The minimum absolute atomic E-state index is 0.787. The number of furan rings is 1. The van der Waals surface area contributed by atoms with Crippen molar-refractivity contribution in [1.82, 2.24) is 19.1 Å². The van der Waals surface area contributed by atoms with E-state index in [0.717, 1.165) is 94.1 Å². The molecule has 14 aromatic rings. The maximum absolute atomic E-state index is 6.55. The van der Waals surface area contributed by atoms with Crippen molar-refractivity contribution >= 4 is 98.1 Å². The maximum atomic E-state index is 6.55. The lowest BCUT2D eigenvalue weighted by molar-refractivity contribution is 0.670. The van der Waals surface area contributed by atoms with Crippen LogP contribution in [-0.4, -0.2) is 19.1 Å². The average molecular weight is 803 g/mol. The van der Waals surface area contributed by atoms with Gasteiger partial charge in [-0.25, -0.2) is 9.97 Å². The van der Waals surface area contributed by atoms with E-state index in [9.17, 15) is 0 Å². The summed E-state index contributed by atoms with van der Waals surface area (Å²) in [5, 5.41) is 11.7. The number of hydrogen-bond acceptors (Lipinski definition) is 3. The molecule has 0 saturated heterocycles. The highest BCUT2D eigenvalue weighted by atomic mass is 16.3. The zero-order valence-electron chi connectivity index (χ0n) is 33.8. The first-order valence-electron chi connectivity index (χ1n) is 21.4. The molecule has 0 aliphatic rings. The topological polar surface area (TPSA) is 48.8 Å². The average Bonchev–Trinajstić information content (AvgIpc) is 3.99. The Morgan fingerprint density at radius 3 is 1.84 bits per heavy atom. The molecule has 0 unspecified atom stereocenters. The normalized spacial score (nSPS) is 12.1. The third-order valence-electron chi connectivity index (χ3n) is 13.0. The van der Waals surface area contributed by atoms with Gasteiger partial charge >= 0.3 is 0 Å². The van der Waals surface area contributed by atoms with Crippen molar-refractivity contribution in [3.8, 4) is 33.9 Å². The molecule has 0 aliphatic carbocycles. The fraction of sp³-hybridized carbons (Fsp3) is 0. The van der Waals surface area contributed by atoms with Crippen LogP contribution in [0.15, 0.2) is 211 Å². The zero-order chi connectivity index (χ0) is 41.2. The smallest absolute Gasteiger partial charge is 0.165 e. The van der Waals surface area contributed by atoms with E-state index < -0.39 is 0 Å². The van der Waals surface area contributed by atoms with Crippen LogP contribution in [0, 0.1) is 0 Å². The maximum Gasteiger partial charge on any atom is 0.165 e. The molecule has 0 radical (unpaired) electrons. The van der Waals surface area contributed by atoms with E-state index in [1.165, 1.54) is 38.0 Å². The van der Waals surface area contributed by atoms with Gasteiger partial charge in [-0.1, -0.05) is 127 Å². The lowest BCUT2D eigenvalue weighted by atomic mass is 9.99. The molecule has 63 heavy (non-hydrogen) atoms. The molecule has 0 aliphatic heterocycles. The van der Waals surface area contributed by atoms with Gasteiger partial charge in [-0.3, -0.25) is 4.57 Å². The molecule has 0 spiro atoms. The molecule has 4 aromatic heterocycles. The van der Waals surface area contributed by atoms with Gasteiger partial charge in [0.15, 0.2) is 5.82 Å². The molecule has 5 heteroatoms. The number of rotatable bonds is 4. The standard InChI is InChI=1S/C58H34N4O/c1-2-15-41(16-3-1)61-51-23-10-6-17-43(51)46-31-37-25-26-39(29-40(37)34-53(46)61)56-58(60-50-22-9-8-21-49(50)59-56)62-52-28-27-38(32-47(52)48-30-35-13-4-5-14-36(35)33-54(48)62)42-19-12-20-45-44-18-7-11-24-55(44)63-57(42)45/h1-34H. The van der Waals surface area contributed by atoms with E-state index in [2.05, 4.69) is 191 Å². The number of hydrogen-bond donors (Lipinski definition) is 0. The van der Waals surface area contributed by atoms with Crippen LogP contribution in [-0.2, 0) is 0 Å². The summed E-state index contributed by atoms with van der Waals surface area (Å²) < 4.78 is 11.3. The fourth-order valence-electron chi connectivity index (χ4n) is 10.1. The van der Waals surface area contributed by atoms with Crippen LogP contribution in [0.25, 0.3) is 132 Å². The summed E-state index contributed by atoms with van der Waals surface area (Å²) in [6, 6.07) is 73.7. The summed E-state index contributed by atoms with van der Waals surface area (Å²) in [7, 11) is 0. The van der Waals surface area contributed by atoms with Crippen molar-refractivity contribution in [1.29, 1.82) is 0 Å². The predicted molar refractivity (Wildman–Crippen MR) is 261 cm³/mol. The van der Waals surface area contributed by atoms with Gasteiger partial charge in [0, 0.05) is 49.1 Å². The van der Waals surface area contributed by atoms with E-state index in [4.69, 9.17) is 14.4 Å². The molecule has 4 heterocycles. The summed E-state index contributed by atoms with van der Waals surface area (Å²) in [4.78, 5) is 11.0. The van der Waals surface area contributed by atoms with Crippen LogP contribution < -0.4 is 0 Å². The Bertz CT molecular complexity index is 4210. The highest BCUT2D eigenvalue weighted by molar-refractivity contribution is 6.17. The van der Waals surface area contributed by atoms with Gasteiger partial charge in [0.2, 0.25) is 0 Å². The van der Waals surface area contributed by atoms with E-state index >= 15 is 0 Å². The molecule has 5 nitrogen and oxygen atoms in total. The Kier molecular flexibility index (Phi) is 7.05. The summed E-state index contributed by atoms with van der Waals surface area (Å²) in [6.07, 6.45) is 0. The number of fused-ring (bicyclic) bond motifs is 12. The summed E-state index contributed by atoms with van der Waals surface area (Å²) in [6.45, 7) is 0. The highest BCUT2D eigenvalue weighted by Crippen LogP contribution is 2.42. The molecule has 0 saturated carbocycles. The molecule has 10 aromatic carbocycles. The van der Waals surface area contributed by atoms with Gasteiger partial charge in [-0.15, -0.1) is 0 Å². The van der Waals surface area contributed by atoms with Crippen molar-refractivity contribution in [3.05, 3.63) is 206 Å². The molecule has 0 N–H and O–H groups in total. The lowest BCUT2D eigenvalue weighted by Crippen LogP contribution is -2.03. The number of nitrogens with zero attached hydrogens (tertiary/aromatic N) is 4.